The number of amides is 1. The van der Waals surface area contributed by atoms with Crippen LogP contribution in [-0.4, -0.2) is 48.6 Å². The first-order valence-electron chi connectivity index (χ1n) is 7.95. The van der Waals surface area contributed by atoms with Gasteiger partial charge in [-0.05, 0) is 26.2 Å². The highest BCUT2D eigenvalue weighted by Crippen LogP contribution is 2.35. The molecule has 1 heterocycles. The number of nitrogens with zero attached hydrogens (tertiary/aromatic N) is 1. The summed E-state index contributed by atoms with van der Waals surface area (Å²) in [4.78, 5) is 14.7. The second-order valence-corrected chi connectivity index (χ2v) is 6.12. The fourth-order valence-electron chi connectivity index (χ4n) is 3.68. The van der Waals surface area contributed by atoms with Crippen molar-refractivity contribution in [3.05, 3.63) is 0 Å². The number of hydrogen-bond acceptors (Lipinski definition) is 3. The van der Waals surface area contributed by atoms with E-state index in [0.29, 0.717) is 0 Å². The van der Waals surface area contributed by atoms with Crippen LogP contribution in [-0.2, 0) is 4.79 Å². The molecule has 1 spiro atoms. The topological polar surface area (TPSA) is 44.4 Å². The Labute approximate surface area is 117 Å². The van der Waals surface area contributed by atoms with Crippen molar-refractivity contribution in [1.82, 2.24) is 15.5 Å². The monoisotopic (exact) mass is 267 g/mol. The molecule has 19 heavy (non-hydrogen) atoms. The van der Waals surface area contributed by atoms with Crippen LogP contribution in [0, 0.1) is 0 Å². The minimum Gasteiger partial charge on any atom is -0.355 e. The van der Waals surface area contributed by atoms with Crippen LogP contribution in [0.4, 0.5) is 0 Å². The molecular weight excluding hydrogens is 238 g/mol. The van der Waals surface area contributed by atoms with E-state index in [1.54, 1.807) is 0 Å². The van der Waals surface area contributed by atoms with Gasteiger partial charge < -0.3 is 10.6 Å². The molecule has 0 aromatic rings. The molecular formula is C15H29N3O. The molecule has 1 unspecified atom stereocenters. The molecule has 2 N–H and O–H groups in total. The lowest BCUT2D eigenvalue weighted by Gasteiger charge is -2.51. The highest BCUT2D eigenvalue weighted by Gasteiger charge is 2.43. The van der Waals surface area contributed by atoms with E-state index in [1.807, 2.05) is 0 Å². The molecule has 0 radical (unpaired) electrons. The number of carbonyl (C=O) groups excluding carboxylic acids is 1. The average molecular weight is 267 g/mol. The van der Waals surface area contributed by atoms with Gasteiger partial charge in [0.05, 0.1) is 6.04 Å². The second-order valence-electron chi connectivity index (χ2n) is 6.12. The van der Waals surface area contributed by atoms with Gasteiger partial charge in [-0.1, -0.05) is 26.2 Å². The first-order chi connectivity index (χ1) is 9.19. The minimum absolute atomic E-state index is 0.00625. The Hall–Kier alpha value is -0.610. The van der Waals surface area contributed by atoms with Crippen LogP contribution in [0.5, 0.6) is 0 Å². The maximum absolute atomic E-state index is 12.3. The molecule has 1 saturated carbocycles. The maximum atomic E-state index is 12.3. The number of piperazine rings is 1. The summed E-state index contributed by atoms with van der Waals surface area (Å²) in [6.07, 6.45) is 7.46. The molecule has 1 amide bonds. The highest BCUT2D eigenvalue weighted by molar-refractivity contribution is 5.81. The van der Waals surface area contributed by atoms with Gasteiger partial charge in [-0.25, -0.2) is 0 Å². The summed E-state index contributed by atoms with van der Waals surface area (Å²) in [5, 5.41) is 6.59. The smallest absolute Gasteiger partial charge is 0.237 e. The maximum Gasteiger partial charge on any atom is 0.237 e. The number of rotatable bonds is 4. The summed E-state index contributed by atoms with van der Waals surface area (Å²) in [6, 6.07) is 0.00625. The average Bonchev–Trinajstić information content (AvgIpc) is 2.45. The third-order valence-electron chi connectivity index (χ3n) is 4.77. The standard InChI is InChI=1S/C15H29N3O/c1-3-9-17-14(19)13(2)18-11-10-16-12-15(18)7-5-4-6-8-15/h13,16H,3-12H2,1-2H3,(H,17,19). The summed E-state index contributed by atoms with van der Waals surface area (Å²) >= 11 is 0. The quantitative estimate of drug-likeness (QED) is 0.811. The molecule has 4 nitrogen and oxygen atoms in total. The Morgan fingerprint density at radius 1 is 1.37 bits per heavy atom. The first-order valence-corrected chi connectivity index (χ1v) is 7.95. The third-order valence-corrected chi connectivity index (χ3v) is 4.77. The highest BCUT2D eigenvalue weighted by atomic mass is 16.2. The first kappa shape index (κ1) is 14.8. The van der Waals surface area contributed by atoms with Gasteiger partial charge in [0.25, 0.3) is 0 Å². The zero-order valence-corrected chi connectivity index (χ0v) is 12.5. The van der Waals surface area contributed by atoms with E-state index < -0.39 is 0 Å². The van der Waals surface area contributed by atoms with Gasteiger partial charge in [0, 0.05) is 31.7 Å². The van der Waals surface area contributed by atoms with Crippen molar-refractivity contribution >= 4 is 5.91 Å². The lowest BCUT2D eigenvalue weighted by Crippen LogP contribution is -2.66. The molecule has 2 aliphatic rings. The van der Waals surface area contributed by atoms with E-state index in [1.165, 1.54) is 32.1 Å². The van der Waals surface area contributed by atoms with Crippen molar-refractivity contribution in [3.63, 3.8) is 0 Å². The minimum atomic E-state index is 0.00625. The van der Waals surface area contributed by atoms with E-state index in [4.69, 9.17) is 0 Å². The van der Waals surface area contributed by atoms with E-state index in [2.05, 4.69) is 29.4 Å². The van der Waals surface area contributed by atoms with Gasteiger partial charge >= 0.3 is 0 Å². The van der Waals surface area contributed by atoms with Gasteiger partial charge in [0.2, 0.25) is 5.91 Å². The van der Waals surface area contributed by atoms with Crippen molar-refractivity contribution in [2.45, 2.75) is 64.0 Å². The molecule has 0 aromatic heterocycles. The van der Waals surface area contributed by atoms with E-state index in [0.717, 1.165) is 32.6 Å². The molecule has 1 saturated heterocycles. The van der Waals surface area contributed by atoms with Crippen LogP contribution < -0.4 is 10.6 Å². The molecule has 1 aliphatic heterocycles. The molecule has 0 aromatic carbocycles. The van der Waals surface area contributed by atoms with E-state index in [-0.39, 0.29) is 17.5 Å². The zero-order chi connectivity index (χ0) is 13.7. The predicted octanol–water partition coefficient (Wildman–Crippen LogP) is 1.51. The number of nitrogens with one attached hydrogen (secondary N) is 2. The summed E-state index contributed by atoms with van der Waals surface area (Å²) in [7, 11) is 0. The van der Waals surface area contributed by atoms with E-state index in [9.17, 15) is 4.79 Å². The molecule has 4 heteroatoms. The van der Waals surface area contributed by atoms with Crippen molar-refractivity contribution in [2.75, 3.05) is 26.2 Å². The Kier molecular flexibility index (Phi) is 5.22. The second kappa shape index (κ2) is 6.71. The Bertz CT molecular complexity index is 292. The van der Waals surface area contributed by atoms with Crippen LogP contribution in [0.25, 0.3) is 0 Å². The van der Waals surface area contributed by atoms with Crippen molar-refractivity contribution in [1.29, 1.82) is 0 Å². The van der Waals surface area contributed by atoms with Crippen molar-refractivity contribution in [3.8, 4) is 0 Å². The van der Waals surface area contributed by atoms with Gasteiger partial charge in [-0.15, -0.1) is 0 Å². The third kappa shape index (κ3) is 3.29. The lowest BCUT2D eigenvalue weighted by atomic mass is 9.78. The van der Waals surface area contributed by atoms with Gasteiger partial charge in [-0.2, -0.15) is 0 Å². The largest absolute Gasteiger partial charge is 0.355 e. The van der Waals surface area contributed by atoms with Crippen LogP contribution in [0.2, 0.25) is 0 Å². The van der Waals surface area contributed by atoms with Crippen LogP contribution >= 0.6 is 0 Å². The molecule has 1 aliphatic carbocycles. The summed E-state index contributed by atoms with van der Waals surface area (Å²) in [5.41, 5.74) is 0.236. The molecule has 1 atom stereocenters. The van der Waals surface area contributed by atoms with Crippen molar-refractivity contribution < 1.29 is 4.79 Å². The van der Waals surface area contributed by atoms with Crippen LogP contribution in [0.3, 0.4) is 0 Å². The molecule has 2 rings (SSSR count). The summed E-state index contributed by atoms with van der Waals surface area (Å²) in [5.74, 6) is 0.202. The normalized spacial score (nSPS) is 25.2. The van der Waals surface area contributed by atoms with Gasteiger partial charge in [0.15, 0.2) is 0 Å². The zero-order valence-electron chi connectivity index (χ0n) is 12.5. The Morgan fingerprint density at radius 3 is 2.79 bits per heavy atom. The SMILES string of the molecule is CCCNC(=O)C(C)N1CCNCC12CCCCC2. The lowest BCUT2D eigenvalue weighted by molar-refractivity contribution is -0.130. The number of carbonyl (C=O) groups is 1. The summed E-state index contributed by atoms with van der Waals surface area (Å²) in [6.45, 7) is 8.03. The molecule has 0 bridgehead atoms. The van der Waals surface area contributed by atoms with Crippen LogP contribution in [0.15, 0.2) is 0 Å². The van der Waals surface area contributed by atoms with Crippen LogP contribution in [0.1, 0.15) is 52.4 Å². The van der Waals surface area contributed by atoms with Gasteiger partial charge in [0.1, 0.15) is 0 Å². The van der Waals surface area contributed by atoms with E-state index >= 15 is 0 Å². The summed E-state index contributed by atoms with van der Waals surface area (Å²) < 4.78 is 0. The molecule has 110 valence electrons. The fourth-order valence-corrected chi connectivity index (χ4v) is 3.68. The Morgan fingerprint density at radius 2 is 2.11 bits per heavy atom. The van der Waals surface area contributed by atoms with Gasteiger partial charge in [-0.3, -0.25) is 9.69 Å². The predicted molar refractivity (Wildman–Crippen MR) is 78.2 cm³/mol. The molecule has 2 fully saturated rings. The fraction of sp³-hybridized carbons (Fsp3) is 0.933. The number of hydrogen-bond donors (Lipinski definition) is 2. The van der Waals surface area contributed by atoms with Crippen molar-refractivity contribution in [2.24, 2.45) is 0 Å². The Balaban J connectivity index is 2.03.